The van der Waals surface area contributed by atoms with Crippen LogP contribution in [0.3, 0.4) is 0 Å². The highest BCUT2D eigenvalue weighted by atomic mass is 31.2. The number of phosphoric ester groups is 2. The van der Waals surface area contributed by atoms with Gasteiger partial charge in [0.1, 0.15) is 19.3 Å². The fourth-order valence-electron chi connectivity index (χ4n) is 10.1. The maximum Gasteiger partial charge on any atom is 0.472 e. The van der Waals surface area contributed by atoms with Crippen LogP contribution >= 0.6 is 15.6 Å². The Labute approximate surface area is 524 Å². The van der Waals surface area contributed by atoms with Crippen LogP contribution in [0.25, 0.3) is 0 Å². The second kappa shape index (κ2) is 59.4. The fraction of sp³-hybridized carbons (Fsp3) is 0.940. The Morgan fingerprint density at radius 1 is 0.314 bits per heavy atom. The summed E-state index contributed by atoms with van der Waals surface area (Å²) in [5.41, 5.74) is 0. The van der Waals surface area contributed by atoms with Crippen LogP contribution < -0.4 is 0 Å². The lowest BCUT2D eigenvalue weighted by Gasteiger charge is -2.21. The number of hydrogen-bond donors (Lipinski definition) is 3. The van der Waals surface area contributed by atoms with E-state index >= 15 is 0 Å². The van der Waals surface area contributed by atoms with Crippen LogP contribution in [0.1, 0.15) is 337 Å². The lowest BCUT2D eigenvalue weighted by Crippen LogP contribution is -2.30. The number of aliphatic hydroxyl groups excluding tert-OH is 1. The van der Waals surface area contributed by atoms with E-state index in [2.05, 4.69) is 41.5 Å². The van der Waals surface area contributed by atoms with Gasteiger partial charge in [-0.25, -0.2) is 9.13 Å². The number of rotatable bonds is 66. The summed E-state index contributed by atoms with van der Waals surface area (Å²) in [5.74, 6) is -0.635. The third kappa shape index (κ3) is 60.9. The molecule has 5 atom stereocenters. The largest absolute Gasteiger partial charge is 0.472 e. The Morgan fingerprint density at radius 3 is 0.791 bits per heavy atom. The summed E-state index contributed by atoms with van der Waals surface area (Å²) in [4.78, 5) is 72.1. The van der Waals surface area contributed by atoms with E-state index < -0.39 is 97.5 Å². The second-order valence-corrected chi connectivity index (χ2v) is 28.1. The lowest BCUT2D eigenvalue weighted by molar-refractivity contribution is -0.161. The average molecular weight is 1270 g/mol. The maximum atomic E-state index is 13.0. The van der Waals surface area contributed by atoms with Crippen molar-refractivity contribution < 1.29 is 80.2 Å². The van der Waals surface area contributed by atoms with Gasteiger partial charge in [0.05, 0.1) is 26.4 Å². The van der Waals surface area contributed by atoms with Crippen molar-refractivity contribution in [2.24, 2.45) is 11.8 Å². The first-order valence-corrected chi connectivity index (χ1v) is 38.0. The van der Waals surface area contributed by atoms with Crippen molar-refractivity contribution in [3.05, 3.63) is 0 Å². The first-order valence-electron chi connectivity index (χ1n) is 35.0. The summed E-state index contributed by atoms with van der Waals surface area (Å²) in [7, 11) is -9.88. The minimum Gasteiger partial charge on any atom is -0.462 e. The Kier molecular flexibility index (Phi) is 58.0. The van der Waals surface area contributed by atoms with E-state index in [0.29, 0.717) is 25.7 Å². The van der Waals surface area contributed by atoms with Gasteiger partial charge in [-0.05, 0) is 37.5 Å². The molecular formula is C67H130O17P2. The average Bonchev–Trinajstić information content (AvgIpc) is 3.69. The number of aliphatic hydroxyl groups is 1. The summed E-state index contributed by atoms with van der Waals surface area (Å²) in [6.07, 6.45) is 43.4. The first kappa shape index (κ1) is 84.1. The second-order valence-electron chi connectivity index (χ2n) is 25.2. The van der Waals surface area contributed by atoms with E-state index in [1.807, 2.05) is 0 Å². The highest BCUT2D eigenvalue weighted by Crippen LogP contribution is 2.45. The summed E-state index contributed by atoms with van der Waals surface area (Å²) in [6.45, 7) is 9.41. The highest BCUT2D eigenvalue weighted by Gasteiger charge is 2.30. The zero-order chi connectivity index (χ0) is 63.6. The van der Waals surface area contributed by atoms with Crippen LogP contribution in [0.2, 0.25) is 0 Å². The van der Waals surface area contributed by atoms with Gasteiger partial charge in [0.15, 0.2) is 12.2 Å². The Bertz CT molecular complexity index is 1680. The van der Waals surface area contributed by atoms with Crippen LogP contribution in [0, 0.1) is 11.8 Å². The number of unbranched alkanes of at least 4 members (excludes halogenated alkanes) is 36. The molecule has 0 aromatic heterocycles. The summed E-state index contributed by atoms with van der Waals surface area (Å²) < 4.78 is 68.0. The van der Waals surface area contributed by atoms with E-state index in [4.69, 9.17) is 37.0 Å². The molecule has 0 aliphatic rings. The van der Waals surface area contributed by atoms with Gasteiger partial charge in [0.25, 0.3) is 0 Å². The zero-order valence-corrected chi connectivity index (χ0v) is 57.4. The molecule has 0 saturated heterocycles. The van der Waals surface area contributed by atoms with Gasteiger partial charge in [-0.1, -0.05) is 286 Å². The maximum absolute atomic E-state index is 13.0. The van der Waals surface area contributed by atoms with Gasteiger partial charge in [-0.2, -0.15) is 0 Å². The van der Waals surface area contributed by atoms with Crippen LogP contribution in [0.5, 0.6) is 0 Å². The number of carbonyl (C=O) groups excluding carboxylic acids is 4. The minimum absolute atomic E-state index is 0.104. The van der Waals surface area contributed by atoms with Crippen molar-refractivity contribution in [2.75, 3.05) is 39.6 Å². The van der Waals surface area contributed by atoms with Crippen molar-refractivity contribution in [1.82, 2.24) is 0 Å². The number of phosphoric acid groups is 2. The van der Waals surface area contributed by atoms with Crippen LogP contribution in [-0.4, -0.2) is 96.7 Å². The van der Waals surface area contributed by atoms with Crippen molar-refractivity contribution in [2.45, 2.75) is 355 Å². The normalized spacial score (nSPS) is 14.2. The Hall–Kier alpha value is -1.94. The molecule has 0 saturated carbocycles. The van der Waals surface area contributed by atoms with E-state index in [1.165, 1.54) is 148 Å². The topological polar surface area (TPSA) is 237 Å². The molecule has 0 heterocycles. The first-order chi connectivity index (χ1) is 41.4. The van der Waals surface area contributed by atoms with Crippen molar-refractivity contribution in [3.8, 4) is 0 Å². The van der Waals surface area contributed by atoms with Crippen LogP contribution in [0.4, 0.5) is 0 Å². The van der Waals surface area contributed by atoms with Crippen molar-refractivity contribution in [1.29, 1.82) is 0 Å². The predicted octanol–water partition coefficient (Wildman–Crippen LogP) is 18.8. The number of hydrogen-bond acceptors (Lipinski definition) is 15. The molecule has 0 rings (SSSR count). The van der Waals surface area contributed by atoms with E-state index in [0.717, 1.165) is 108 Å². The molecular weight excluding hydrogens is 1140 g/mol. The zero-order valence-electron chi connectivity index (χ0n) is 55.6. The molecule has 0 aromatic carbocycles. The SMILES string of the molecule is CCCCCCCCCCCCCCCCC(=O)OC[C@H](COP(=O)(O)OC[C@@H](O)COP(=O)(O)OC[C@@H](COC(=O)CCCCCCC)OC(=O)CCCCCCCCCCC(C)C)OC(=O)CCCCCCCCCCCCCCCC(C)C. The van der Waals surface area contributed by atoms with Gasteiger partial charge in [0, 0.05) is 25.7 Å². The number of esters is 4. The van der Waals surface area contributed by atoms with Gasteiger partial charge in [0.2, 0.25) is 0 Å². The molecule has 0 bridgehead atoms. The molecule has 0 radical (unpaired) electrons. The lowest BCUT2D eigenvalue weighted by atomic mass is 10.0. The monoisotopic (exact) mass is 1270 g/mol. The molecule has 17 nitrogen and oxygen atoms in total. The molecule has 0 aliphatic heterocycles. The summed E-state index contributed by atoms with van der Waals surface area (Å²) in [5, 5.41) is 10.5. The molecule has 19 heteroatoms. The van der Waals surface area contributed by atoms with Crippen molar-refractivity contribution in [3.63, 3.8) is 0 Å². The van der Waals surface area contributed by atoms with E-state index in [1.54, 1.807) is 0 Å². The smallest absolute Gasteiger partial charge is 0.462 e. The molecule has 0 fully saturated rings. The van der Waals surface area contributed by atoms with Crippen LogP contribution in [-0.2, 0) is 65.4 Å². The van der Waals surface area contributed by atoms with Crippen molar-refractivity contribution >= 4 is 39.5 Å². The number of carbonyl (C=O) groups is 4. The molecule has 3 N–H and O–H groups in total. The Balaban J connectivity index is 5.17. The quantitative estimate of drug-likeness (QED) is 0.0222. The standard InChI is InChI=1S/C67H130O17P2/c1-7-9-11-13-14-15-16-17-20-23-26-32-38-44-50-65(70)78-56-63(84-66(71)51-45-39-33-27-24-21-18-19-22-25-30-36-41-47-59(3)4)58-82-86(75,76)80-54-61(68)53-79-85(73,74)81-57-62(55-77-64(69)49-43-35-12-10-8-2)83-67(72)52-46-40-34-29-28-31-37-42-48-60(5)6/h59-63,68H,7-58H2,1-6H3,(H,73,74)(H,75,76)/t61-,62+,63+/m0/s1. The van der Waals surface area contributed by atoms with Gasteiger partial charge in [-0.3, -0.25) is 37.3 Å². The minimum atomic E-state index is -4.95. The third-order valence-corrected chi connectivity index (χ3v) is 17.4. The van der Waals surface area contributed by atoms with E-state index in [-0.39, 0.29) is 25.7 Å². The third-order valence-electron chi connectivity index (χ3n) is 15.5. The molecule has 0 spiro atoms. The molecule has 0 aliphatic carbocycles. The highest BCUT2D eigenvalue weighted by molar-refractivity contribution is 7.47. The Morgan fingerprint density at radius 2 is 0.535 bits per heavy atom. The molecule has 0 amide bonds. The molecule has 0 aromatic rings. The molecule has 510 valence electrons. The number of ether oxygens (including phenoxy) is 4. The molecule has 86 heavy (non-hydrogen) atoms. The fourth-order valence-corrected chi connectivity index (χ4v) is 11.6. The van der Waals surface area contributed by atoms with Crippen LogP contribution in [0.15, 0.2) is 0 Å². The summed E-state index contributed by atoms with van der Waals surface area (Å²) in [6, 6.07) is 0. The van der Waals surface area contributed by atoms with E-state index in [9.17, 15) is 43.2 Å². The summed E-state index contributed by atoms with van der Waals surface area (Å²) >= 11 is 0. The molecule has 2 unspecified atom stereocenters. The van der Waals surface area contributed by atoms with Gasteiger partial charge in [-0.15, -0.1) is 0 Å². The predicted molar refractivity (Wildman–Crippen MR) is 345 cm³/mol. The van der Waals surface area contributed by atoms with Gasteiger partial charge >= 0.3 is 39.5 Å². The van der Waals surface area contributed by atoms with Gasteiger partial charge < -0.3 is 33.8 Å².